The number of sulfonamides is 1. The minimum atomic E-state index is -4.50. The smallest absolute Gasteiger partial charge is 0.416 e. The van der Waals surface area contributed by atoms with Crippen molar-refractivity contribution in [1.82, 2.24) is 9.97 Å². The van der Waals surface area contributed by atoms with Gasteiger partial charge in [-0.25, -0.2) is 13.4 Å². The Balaban J connectivity index is 1.79. The van der Waals surface area contributed by atoms with Gasteiger partial charge in [0, 0.05) is 40.5 Å². The highest BCUT2D eigenvalue weighted by Gasteiger charge is 2.31. The molecule has 0 aliphatic heterocycles. The molecule has 160 valence electrons. The fraction of sp³-hybridized carbons (Fsp3) is 0.100. The van der Waals surface area contributed by atoms with Gasteiger partial charge in [-0.05, 0) is 35.7 Å². The van der Waals surface area contributed by atoms with Crippen LogP contribution in [0.2, 0.25) is 0 Å². The molecule has 0 spiro atoms. The van der Waals surface area contributed by atoms with Gasteiger partial charge in [-0.1, -0.05) is 6.07 Å². The number of pyridine rings is 1. The standard InChI is InChI=1S/C20H14F3N3O3S2/c1-29-18-9-13(20(21,22)23)2-4-16(18)17-11-24-10-12-8-14(3-5-15(12)17)31(27,28)26-19-25-6-7-30-19/h2-11H,1H3,(H,25,26). The molecule has 11 heteroatoms. The number of rotatable bonds is 5. The molecule has 0 amide bonds. The summed E-state index contributed by atoms with van der Waals surface area (Å²) in [5.41, 5.74) is 0.0907. The minimum absolute atomic E-state index is 0.00790. The molecule has 0 radical (unpaired) electrons. The van der Waals surface area contributed by atoms with E-state index in [2.05, 4.69) is 14.7 Å². The summed E-state index contributed by atoms with van der Waals surface area (Å²) in [5, 5.41) is 3.00. The fourth-order valence-corrected chi connectivity index (χ4v) is 4.90. The van der Waals surface area contributed by atoms with Gasteiger partial charge in [-0.15, -0.1) is 11.3 Å². The van der Waals surface area contributed by atoms with E-state index in [0.29, 0.717) is 21.9 Å². The third-order valence-corrected chi connectivity index (χ3v) is 6.67. The Morgan fingerprint density at radius 3 is 2.55 bits per heavy atom. The van der Waals surface area contributed by atoms with Crippen LogP contribution in [0.3, 0.4) is 0 Å². The first-order valence-corrected chi connectivity index (χ1v) is 11.1. The number of nitrogens with one attached hydrogen (secondary N) is 1. The van der Waals surface area contributed by atoms with E-state index in [0.717, 1.165) is 23.5 Å². The quantitative estimate of drug-likeness (QED) is 0.439. The second kappa shape index (κ2) is 7.82. The number of hydrogen-bond donors (Lipinski definition) is 1. The summed E-state index contributed by atoms with van der Waals surface area (Å²) in [6.45, 7) is 0. The van der Waals surface area contributed by atoms with Gasteiger partial charge >= 0.3 is 6.18 Å². The summed E-state index contributed by atoms with van der Waals surface area (Å²) in [6, 6.07) is 7.64. The number of ether oxygens (including phenoxy) is 1. The number of methoxy groups -OCH3 is 1. The van der Waals surface area contributed by atoms with Crippen molar-refractivity contribution in [2.45, 2.75) is 11.1 Å². The second-order valence-corrected chi connectivity index (χ2v) is 9.00. The maximum atomic E-state index is 13.0. The molecule has 4 rings (SSSR count). The summed E-state index contributed by atoms with van der Waals surface area (Å²) in [5.74, 6) is 0.0336. The maximum absolute atomic E-state index is 13.0. The van der Waals surface area contributed by atoms with Gasteiger partial charge in [0.05, 0.1) is 17.6 Å². The van der Waals surface area contributed by atoms with E-state index >= 15 is 0 Å². The summed E-state index contributed by atoms with van der Waals surface area (Å²) in [4.78, 5) is 8.05. The third kappa shape index (κ3) is 4.19. The van der Waals surface area contributed by atoms with E-state index in [4.69, 9.17) is 4.74 Å². The molecule has 2 heterocycles. The van der Waals surface area contributed by atoms with E-state index in [1.54, 1.807) is 11.4 Å². The predicted molar refractivity (Wildman–Crippen MR) is 112 cm³/mol. The van der Waals surface area contributed by atoms with Crippen molar-refractivity contribution in [1.29, 1.82) is 0 Å². The first kappa shape index (κ1) is 21.1. The number of benzene rings is 2. The Hall–Kier alpha value is -3.18. The molecule has 6 nitrogen and oxygen atoms in total. The van der Waals surface area contributed by atoms with Crippen molar-refractivity contribution in [2.24, 2.45) is 0 Å². The Bertz CT molecular complexity index is 1360. The number of thiazole rings is 1. The first-order valence-electron chi connectivity index (χ1n) is 8.75. The highest BCUT2D eigenvalue weighted by atomic mass is 32.2. The van der Waals surface area contributed by atoms with Gasteiger partial charge in [0.15, 0.2) is 5.13 Å². The molecule has 0 saturated carbocycles. The van der Waals surface area contributed by atoms with Crippen LogP contribution in [0, 0.1) is 0 Å². The maximum Gasteiger partial charge on any atom is 0.416 e. The van der Waals surface area contributed by atoms with Crippen molar-refractivity contribution in [3.63, 3.8) is 0 Å². The van der Waals surface area contributed by atoms with Crippen LogP contribution in [0.1, 0.15) is 5.56 Å². The number of fused-ring (bicyclic) bond motifs is 1. The molecule has 1 N–H and O–H groups in total. The number of hydrogen-bond acceptors (Lipinski definition) is 6. The van der Waals surface area contributed by atoms with E-state index in [9.17, 15) is 21.6 Å². The first-order chi connectivity index (χ1) is 14.7. The molecule has 2 aromatic carbocycles. The summed E-state index contributed by atoms with van der Waals surface area (Å²) < 4.78 is 72.0. The van der Waals surface area contributed by atoms with Crippen LogP contribution < -0.4 is 9.46 Å². The van der Waals surface area contributed by atoms with E-state index in [-0.39, 0.29) is 15.8 Å². The lowest BCUT2D eigenvalue weighted by Crippen LogP contribution is -2.12. The van der Waals surface area contributed by atoms with Crippen LogP contribution >= 0.6 is 11.3 Å². The normalized spacial score (nSPS) is 12.1. The molecular formula is C20H14F3N3O3S2. The van der Waals surface area contributed by atoms with Crippen LogP contribution in [0.4, 0.5) is 18.3 Å². The number of alkyl halides is 3. The largest absolute Gasteiger partial charge is 0.496 e. The highest BCUT2D eigenvalue weighted by Crippen LogP contribution is 2.39. The lowest BCUT2D eigenvalue weighted by Gasteiger charge is -2.14. The number of anilines is 1. The van der Waals surface area contributed by atoms with Gasteiger partial charge in [-0.2, -0.15) is 13.2 Å². The van der Waals surface area contributed by atoms with Crippen molar-refractivity contribution in [3.8, 4) is 16.9 Å². The zero-order valence-corrected chi connectivity index (χ0v) is 17.5. The molecular weight excluding hydrogens is 451 g/mol. The van der Waals surface area contributed by atoms with Crippen LogP contribution in [0.15, 0.2) is 65.3 Å². The van der Waals surface area contributed by atoms with Gasteiger partial charge in [-0.3, -0.25) is 9.71 Å². The lowest BCUT2D eigenvalue weighted by molar-refractivity contribution is -0.137. The van der Waals surface area contributed by atoms with E-state index in [1.165, 1.54) is 43.9 Å². The fourth-order valence-electron chi connectivity index (χ4n) is 3.07. The topological polar surface area (TPSA) is 81.2 Å². The van der Waals surface area contributed by atoms with Crippen molar-refractivity contribution >= 4 is 37.3 Å². The Labute approximate surface area is 179 Å². The Morgan fingerprint density at radius 2 is 1.87 bits per heavy atom. The van der Waals surface area contributed by atoms with Crippen molar-refractivity contribution < 1.29 is 26.3 Å². The average Bonchev–Trinajstić information content (AvgIpc) is 3.24. The highest BCUT2D eigenvalue weighted by molar-refractivity contribution is 7.93. The molecule has 0 unspecified atom stereocenters. The minimum Gasteiger partial charge on any atom is -0.496 e. The Morgan fingerprint density at radius 1 is 1.06 bits per heavy atom. The number of aromatic nitrogens is 2. The summed E-state index contributed by atoms with van der Waals surface area (Å²) >= 11 is 1.15. The SMILES string of the molecule is COc1cc(C(F)(F)F)ccc1-c1cncc2cc(S(=O)(=O)Nc3nccs3)ccc12. The molecule has 2 aromatic heterocycles. The molecule has 0 fully saturated rings. The summed E-state index contributed by atoms with van der Waals surface area (Å²) in [7, 11) is -2.58. The van der Waals surface area contributed by atoms with Gasteiger partial charge in [0.2, 0.25) is 0 Å². The molecule has 0 aliphatic rings. The van der Waals surface area contributed by atoms with E-state index in [1.807, 2.05) is 0 Å². The van der Waals surface area contributed by atoms with Gasteiger partial charge in [0.25, 0.3) is 10.0 Å². The number of nitrogens with zero attached hydrogens (tertiary/aromatic N) is 2. The van der Waals surface area contributed by atoms with Gasteiger partial charge < -0.3 is 4.74 Å². The zero-order valence-electron chi connectivity index (χ0n) is 15.8. The zero-order chi connectivity index (χ0) is 22.2. The van der Waals surface area contributed by atoms with Crippen molar-refractivity contribution in [3.05, 3.63) is 65.9 Å². The molecule has 31 heavy (non-hydrogen) atoms. The molecule has 0 aliphatic carbocycles. The average molecular weight is 465 g/mol. The monoisotopic (exact) mass is 465 g/mol. The second-order valence-electron chi connectivity index (χ2n) is 6.43. The van der Waals surface area contributed by atoms with Crippen LogP contribution in [0.5, 0.6) is 5.75 Å². The molecule has 0 atom stereocenters. The molecule has 4 aromatic rings. The van der Waals surface area contributed by atoms with Crippen LogP contribution in [-0.2, 0) is 16.2 Å². The van der Waals surface area contributed by atoms with Gasteiger partial charge in [0.1, 0.15) is 5.75 Å². The number of halogens is 3. The molecule has 0 saturated heterocycles. The third-order valence-electron chi connectivity index (χ3n) is 4.51. The lowest BCUT2D eigenvalue weighted by atomic mass is 9.99. The van der Waals surface area contributed by atoms with Crippen molar-refractivity contribution in [2.75, 3.05) is 11.8 Å². The summed E-state index contributed by atoms with van der Waals surface area (Å²) in [6.07, 6.45) is -0.0414. The Kier molecular flexibility index (Phi) is 5.31. The predicted octanol–water partition coefficient (Wildman–Crippen LogP) is 5.19. The van der Waals surface area contributed by atoms with Crippen LogP contribution in [0.25, 0.3) is 21.9 Å². The molecule has 0 bridgehead atoms. The van der Waals surface area contributed by atoms with Crippen LogP contribution in [-0.4, -0.2) is 25.5 Å². The van der Waals surface area contributed by atoms with E-state index < -0.39 is 21.8 Å².